The van der Waals surface area contributed by atoms with Crippen molar-refractivity contribution < 1.29 is 0 Å². The summed E-state index contributed by atoms with van der Waals surface area (Å²) >= 11 is 3.35. The van der Waals surface area contributed by atoms with Crippen molar-refractivity contribution in [1.82, 2.24) is 10.2 Å². The number of nitrogens with two attached hydrogens (primary N) is 1. The second kappa shape index (κ2) is 6.37. The van der Waals surface area contributed by atoms with E-state index in [-0.39, 0.29) is 6.04 Å². The van der Waals surface area contributed by atoms with Gasteiger partial charge in [-0.05, 0) is 12.8 Å². The average molecular weight is 231 g/mol. The lowest BCUT2D eigenvalue weighted by molar-refractivity contribution is 0.566. The monoisotopic (exact) mass is 231 g/mol. The van der Waals surface area contributed by atoms with Crippen LogP contribution in [0.1, 0.15) is 33.1 Å². The Morgan fingerprint density at radius 1 is 1.57 bits per heavy atom. The molecular weight excluding hydrogens is 214 g/mol. The van der Waals surface area contributed by atoms with Crippen molar-refractivity contribution in [3.8, 4) is 0 Å². The van der Waals surface area contributed by atoms with E-state index in [0.29, 0.717) is 5.25 Å². The normalized spacial score (nSPS) is 15.4. The first-order valence-corrected chi connectivity index (χ1v) is 6.72. The minimum atomic E-state index is 0.277. The van der Waals surface area contributed by atoms with Gasteiger partial charge in [0.2, 0.25) is 0 Å². The van der Waals surface area contributed by atoms with Gasteiger partial charge in [0.25, 0.3) is 0 Å². The van der Waals surface area contributed by atoms with E-state index in [2.05, 4.69) is 24.0 Å². The van der Waals surface area contributed by atoms with Gasteiger partial charge in [-0.15, -0.1) is 10.2 Å². The number of aromatic nitrogens is 2. The molecule has 1 rings (SSSR count). The van der Waals surface area contributed by atoms with E-state index in [1.165, 1.54) is 0 Å². The molecule has 0 aromatic carbocycles. The molecule has 0 amide bonds. The fourth-order valence-corrected chi connectivity index (χ4v) is 3.17. The highest BCUT2D eigenvalue weighted by molar-refractivity contribution is 8.01. The van der Waals surface area contributed by atoms with Gasteiger partial charge in [-0.25, -0.2) is 0 Å². The molecule has 0 radical (unpaired) electrons. The summed E-state index contributed by atoms with van der Waals surface area (Å²) in [7, 11) is 0. The number of hydrogen-bond donors (Lipinski definition) is 1. The first kappa shape index (κ1) is 11.9. The molecule has 3 nitrogen and oxygen atoms in total. The Kier molecular flexibility index (Phi) is 5.44. The molecule has 1 heterocycles. The van der Waals surface area contributed by atoms with Gasteiger partial charge in [0.05, 0.1) is 0 Å². The molecule has 0 saturated carbocycles. The number of nitrogens with zero attached hydrogens (tertiary/aromatic N) is 2. The Bertz CT molecular complexity index is 238. The summed E-state index contributed by atoms with van der Waals surface area (Å²) < 4.78 is 1.03. The molecule has 0 spiro atoms. The van der Waals surface area contributed by atoms with Crippen molar-refractivity contribution in [2.24, 2.45) is 5.73 Å². The minimum Gasteiger partial charge on any atom is -0.327 e. The quantitative estimate of drug-likeness (QED) is 0.764. The van der Waals surface area contributed by atoms with E-state index in [9.17, 15) is 0 Å². The summed E-state index contributed by atoms with van der Waals surface area (Å²) in [6, 6.07) is 0.277. The van der Waals surface area contributed by atoms with Gasteiger partial charge >= 0.3 is 0 Å². The van der Waals surface area contributed by atoms with Crippen molar-refractivity contribution in [2.75, 3.05) is 0 Å². The number of rotatable bonds is 6. The second-order valence-corrected chi connectivity index (χ2v) is 5.54. The molecule has 1 aromatic rings. The van der Waals surface area contributed by atoms with Crippen molar-refractivity contribution in [2.45, 2.75) is 48.7 Å². The third kappa shape index (κ3) is 3.55. The lowest BCUT2D eigenvalue weighted by atomic mass is 10.1. The lowest BCUT2D eigenvalue weighted by Crippen LogP contribution is -2.31. The van der Waals surface area contributed by atoms with Gasteiger partial charge in [-0.2, -0.15) is 0 Å². The third-order valence-corrected chi connectivity index (χ3v) is 4.42. The molecule has 5 heteroatoms. The molecule has 80 valence electrons. The van der Waals surface area contributed by atoms with Crippen LogP contribution < -0.4 is 5.73 Å². The minimum absolute atomic E-state index is 0.277. The van der Waals surface area contributed by atoms with Crippen LogP contribution in [0, 0.1) is 0 Å². The molecule has 2 N–H and O–H groups in total. The number of thioether (sulfide) groups is 1. The first-order valence-electron chi connectivity index (χ1n) is 4.96. The SMILES string of the molecule is CCCC(N)C(CC)Sc1nncs1. The number of hydrogen-bond acceptors (Lipinski definition) is 5. The zero-order valence-corrected chi connectivity index (χ0v) is 10.3. The Hall–Kier alpha value is -0.130. The van der Waals surface area contributed by atoms with Crippen LogP contribution in [0.2, 0.25) is 0 Å². The van der Waals surface area contributed by atoms with Crippen LogP contribution in [0.25, 0.3) is 0 Å². The van der Waals surface area contributed by atoms with Gasteiger partial charge in [0.15, 0.2) is 4.34 Å². The predicted octanol–water partition coefficient (Wildman–Crippen LogP) is 2.54. The van der Waals surface area contributed by atoms with Crippen LogP contribution in [0.4, 0.5) is 0 Å². The topological polar surface area (TPSA) is 51.8 Å². The molecule has 2 unspecified atom stereocenters. The van der Waals surface area contributed by atoms with E-state index in [0.717, 1.165) is 23.6 Å². The Morgan fingerprint density at radius 3 is 2.86 bits per heavy atom. The first-order chi connectivity index (χ1) is 6.77. The van der Waals surface area contributed by atoms with Gasteiger partial charge in [0, 0.05) is 11.3 Å². The molecule has 14 heavy (non-hydrogen) atoms. The van der Waals surface area contributed by atoms with Crippen molar-refractivity contribution in [1.29, 1.82) is 0 Å². The van der Waals surface area contributed by atoms with E-state index in [4.69, 9.17) is 5.73 Å². The Balaban J connectivity index is 2.46. The van der Waals surface area contributed by atoms with E-state index < -0.39 is 0 Å². The zero-order chi connectivity index (χ0) is 10.4. The van der Waals surface area contributed by atoms with E-state index in [1.54, 1.807) is 28.6 Å². The van der Waals surface area contributed by atoms with Crippen LogP contribution in [0.5, 0.6) is 0 Å². The van der Waals surface area contributed by atoms with Gasteiger partial charge in [-0.3, -0.25) is 0 Å². The van der Waals surface area contributed by atoms with Crippen LogP contribution in [0.3, 0.4) is 0 Å². The summed E-state index contributed by atoms with van der Waals surface area (Å²) in [4.78, 5) is 0. The molecule has 0 saturated heterocycles. The zero-order valence-electron chi connectivity index (χ0n) is 8.64. The Labute approximate surface area is 93.5 Å². The van der Waals surface area contributed by atoms with E-state index >= 15 is 0 Å². The average Bonchev–Trinajstić information content (AvgIpc) is 2.66. The maximum atomic E-state index is 6.09. The van der Waals surface area contributed by atoms with Crippen LogP contribution in [-0.4, -0.2) is 21.5 Å². The van der Waals surface area contributed by atoms with Gasteiger partial charge in [0.1, 0.15) is 5.51 Å². The van der Waals surface area contributed by atoms with Crippen molar-refractivity contribution in [3.63, 3.8) is 0 Å². The summed E-state index contributed by atoms with van der Waals surface area (Å²) in [5.74, 6) is 0. The predicted molar refractivity (Wildman–Crippen MR) is 62.7 cm³/mol. The molecule has 1 aromatic heterocycles. The highest BCUT2D eigenvalue weighted by Crippen LogP contribution is 2.28. The third-order valence-electron chi connectivity index (χ3n) is 2.09. The molecule has 0 aliphatic heterocycles. The summed E-state index contributed by atoms with van der Waals surface area (Å²) in [6.45, 7) is 4.34. The lowest BCUT2D eigenvalue weighted by Gasteiger charge is -2.20. The summed E-state index contributed by atoms with van der Waals surface area (Å²) in [6.07, 6.45) is 3.32. The van der Waals surface area contributed by atoms with E-state index in [1.807, 2.05) is 0 Å². The highest BCUT2D eigenvalue weighted by Gasteiger charge is 2.17. The van der Waals surface area contributed by atoms with Crippen molar-refractivity contribution >= 4 is 23.1 Å². The Morgan fingerprint density at radius 2 is 2.36 bits per heavy atom. The second-order valence-electron chi connectivity index (χ2n) is 3.22. The fraction of sp³-hybridized carbons (Fsp3) is 0.778. The molecule has 0 bridgehead atoms. The van der Waals surface area contributed by atoms with Crippen molar-refractivity contribution in [3.05, 3.63) is 5.51 Å². The highest BCUT2D eigenvalue weighted by atomic mass is 32.2. The van der Waals surface area contributed by atoms with Crippen LogP contribution in [-0.2, 0) is 0 Å². The van der Waals surface area contributed by atoms with Crippen LogP contribution >= 0.6 is 23.1 Å². The molecule has 0 fully saturated rings. The standard InChI is InChI=1S/C9H17N3S2/c1-3-5-7(10)8(4-2)14-9-12-11-6-13-9/h6-8H,3-5,10H2,1-2H3. The van der Waals surface area contributed by atoms with Gasteiger partial charge < -0.3 is 5.73 Å². The van der Waals surface area contributed by atoms with Crippen LogP contribution in [0.15, 0.2) is 9.85 Å². The molecule has 2 atom stereocenters. The fourth-order valence-electron chi connectivity index (χ4n) is 1.34. The maximum absolute atomic E-state index is 6.09. The summed E-state index contributed by atoms with van der Waals surface area (Å²) in [5.41, 5.74) is 7.86. The molecule has 0 aliphatic rings. The van der Waals surface area contributed by atoms with Gasteiger partial charge in [-0.1, -0.05) is 43.4 Å². The maximum Gasteiger partial charge on any atom is 0.174 e. The molecular formula is C9H17N3S2. The molecule has 0 aliphatic carbocycles. The largest absolute Gasteiger partial charge is 0.327 e. The smallest absolute Gasteiger partial charge is 0.174 e. The summed E-state index contributed by atoms with van der Waals surface area (Å²) in [5, 5.41) is 8.32.